The van der Waals surface area contributed by atoms with Crippen molar-refractivity contribution in [1.82, 2.24) is 4.67 Å². The van der Waals surface area contributed by atoms with Gasteiger partial charge in [0.15, 0.2) is 0 Å². The van der Waals surface area contributed by atoms with E-state index in [0.29, 0.717) is 28.8 Å². The second-order valence-electron chi connectivity index (χ2n) is 5.83. The molecule has 0 unspecified atom stereocenters. The van der Waals surface area contributed by atoms with E-state index < -0.39 is 0 Å². The highest BCUT2D eigenvalue weighted by Crippen LogP contribution is 2.24. The van der Waals surface area contributed by atoms with E-state index in [4.69, 9.17) is 11.6 Å². The highest BCUT2D eigenvalue weighted by Gasteiger charge is 2.21. The molecule has 4 heteroatoms. The van der Waals surface area contributed by atoms with Gasteiger partial charge in [-0.15, -0.1) is 0 Å². The van der Waals surface area contributed by atoms with Crippen LogP contribution in [0.1, 0.15) is 37.8 Å². The fraction of sp³-hybridized carbons (Fsp3) is 0.250. The number of carbonyl (C=O) groups excluding carboxylic acids is 1. The number of halogens is 1. The smallest absolute Gasteiger partial charge is 0.325 e. The third kappa shape index (κ3) is 4.58. The maximum atomic E-state index is 12.3. The summed E-state index contributed by atoms with van der Waals surface area (Å²) in [5.74, 6) is 0.334. The number of carbonyl (C=O) groups is 1. The van der Waals surface area contributed by atoms with Gasteiger partial charge >= 0.3 is 5.71 Å². The monoisotopic (exact) mass is 341 g/mol. The van der Waals surface area contributed by atoms with Gasteiger partial charge < -0.3 is 5.32 Å². The number of amides is 1. The van der Waals surface area contributed by atoms with Crippen molar-refractivity contribution in [1.29, 1.82) is 0 Å². The number of benzene rings is 2. The van der Waals surface area contributed by atoms with Crippen LogP contribution >= 0.6 is 11.6 Å². The number of hydrogen-bond donors (Lipinski definition) is 1. The minimum Gasteiger partial charge on any atom is -0.325 e. The standard InChI is InChI=1S/C20H21ClN2O/c1-4-14(2)12-19(24)23-18-11-10-16(21)13-17(18)20(22-3)15-8-6-5-7-9-15/h5-11,13-14H,3-4,12H2,1-2H3/p+1/t14-/m0/s1. The molecule has 0 aliphatic rings. The molecule has 2 aromatic rings. The summed E-state index contributed by atoms with van der Waals surface area (Å²) in [4.78, 5) is 12.3. The Morgan fingerprint density at radius 3 is 2.58 bits per heavy atom. The van der Waals surface area contributed by atoms with Crippen LogP contribution in [0.3, 0.4) is 0 Å². The van der Waals surface area contributed by atoms with Crippen molar-refractivity contribution < 1.29 is 4.79 Å². The quantitative estimate of drug-likeness (QED) is 0.617. The topological polar surface area (TPSA) is 43.2 Å². The average molecular weight is 342 g/mol. The van der Waals surface area contributed by atoms with Crippen LogP contribution in [0.15, 0.2) is 48.5 Å². The minimum atomic E-state index is -0.00982. The van der Waals surface area contributed by atoms with Crippen molar-refractivity contribution in [3.8, 4) is 0 Å². The lowest BCUT2D eigenvalue weighted by atomic mass is 10.00. The molecule has 3 nitrogen and oxygen atoms in total. The summed E-state index contributed by atoms with van der Waals surface area (Å²) >= 11 is 6.16. The predicted octanol–water partition coefficient (Wildman–Crippen LogP) is 4.32. The molecule has 0 saturated carbocycles. The van der Waals surface area contributed by atoms with Crippen molar-refractivity contribution in [3.05, 3.63) is 64.7 Å². The Labute approximate surface area is 148 Å². The first-order valence-electron chi connectivity index (χ1n) is 8.04. The summed E-state index contributed by atoms with van der Waals surface area (Å²) in [6.07, 6.45) is 1.46. The second-order valence-corrected chi connectivity index (χ2v) is 6.26. The molecule has 24 heavy (non-hydrogen) atoms. The zero-order valence-corrected chi connectivity index (χ0v) is 14.8. The van der Waals surface area contributed by atoms with E-state index in [2.05, 4.69) is 30.5 Å². The summed E-state index contributed by atoms with van der Waals surface area (Å²) in [5, 5.41) is 3.57. The molecule has 2 aromatic carbocycles. The maximum absolute atomic E-state index is 12.3. The Kier molecular flexibility index (Phi) is 6.36. The van der Waals surface area contributed by atoms with Crippen molar-refractivity contribution in [2.75, 3.05) is 5.32 Å². The van der Waals surface area contributed by atoms with E-state index in [1.54, 1.807) is 18.2 Å². The molecule has 1 atom stereocenters. The molecule has 0 radical (unpaired) electrons. The predicted molar refractivity (Wildman–Crippen MR) is 103 cm³/mol. The van der Waals surface area contributed by atoms with Gasteiger partial charge in [-0.25, -0.2) is 0 Å². The molecule has 0 aliphatic heterocycles. The molecule has 0 heterocycles. The molecule has 1 N–H and O–H groups in total. The van der Waals surface area contributed by atoms with E-state index in [9.17, 15) is 4.79 Å². The lowest BCUT2D eigenvalue weighted by Crippen LogP contribution is -2.18. The van der Waals surface area contributed by atoms with Gasteiger partial charge in [0.25, 0.3) is 6.72 Å². The van der Waals surface area contributed by atoms with Crippen molar-refractivity contribution >= 4 is 35.6 Å². The molecule has 0 bridgehead atoms. The third-order valence-electron chi connectivity index (χ3n) is 3.95. The average Bonchev–Trinajstić information content (AvgIpc) is 2.58. The van der Waals surface area contributed by atoms with E-state index in [0.717, 1.165) is 17.5 Å². The van der Waals surface area contributed by atoms with Gasteiger partial charge in [0.1, 0.15) is 0 Å². The molecule has 1 amide bonds. The Bertz CT molecular complexity index is 764. The second kappa shape index (κ2) is 8.49. The van der Waals surface area contributed by atoms with Gasteiger partial charge in [-0.1, -0.05) is 54.7 Å². The van der Waals surface area contributed by atoms with Gasteiger partial charge in [0.2, 0.25) is 5.91 Å². The van der Waals surface area contributed by atoms with E-state index in [1.807, 2.05) is 30.3 Å². The van der Waals surface area contributed by atoms with Gasteiger partial charge in [0, 0.05) is 11.4 Å². The summed E-state index contributed by atoms with van der Waals surface area (Å²) < 4.78 is 4.17. The summed E-state index contributed by atoms with van der Waals surface area (Å²) in [7, 11) is 0. The normalized spacial score (nSPS) is 11.5. The van der Waals surface area contributed by atoms with Crippen molar-refractivity contribution in [2.24, 2.45) is 5.92 Å². The zero-order valence-electron chi connectivity index (χ0n) is 14.1. The van der Waals surface area contributed by atoms with Crippen LogP contribution in [0.5, 0.6) is 0 Å². The van der Waals surface area contributed by atoms with Gasteiger partial charge in [-0.3, -0.25) is 4.79 Å². The number of nitrogens with one attached hydrogen (secondary N) is 1. The van der Waals surface area contributed by atoms with Gasteiger partial charge in [0.05, 0.1) is 16.8 Å². The molecule has 0 fully saturated rings. The highest BCUT2D eigenvalue weighted by atomic mass is 35.5. The minimum absolute atomic E-state index is 0.00982. The fourth-order valence-corrected chi connectivity index (χ4v) is 2.58. The first-order valence-corrected chi connectivity index (χ1v) is 8.41. The molecule has 0 spiro atoms. The zero-order chi connectivity index (χ0) is 17.5. The van der Waals surface area contributed by atoms with E-state index in [1.165, 1.54) is 0 Å². The van der Waals surface area contributed by atoms with Crippen LogP contribution in [-0.4, -0.2) is 18.3 Å². The van der Waals surface area contributed by atoms with Gasteiger partial charge in [-0.2, -0.15) is 0 Å². The molecular weight excluding hydrogens is 320 g/mol. The summed E-state index contributed by atoms with van der Waals surface area (Å²) in [6, 6.07) is 15.1. The van der Waals surface area contributed by atoms with Crippen LogP contribution in [0.2, 0.25) is 5.02 Å². The number of anilines is 1. The fourth-order valence-electron chi connectivity index (χ4n) is 2.41. The largest absolute Gasteiger partial charge is 0.342 e. The molecule has 2 rings (SSSR count). The third-order valence-corrected chi connectivity index (χ3v) is 4.18. The SMILES string of the molecule is C=[N+]=C(c1ccccc1)c1cc(Cl)ccc1NC(=O)C[C@@H](C)CC. The molecule has 124 valence electrons. The molecule has 0 aromatic heterocycles. The van der Waals surface area contributed by atoms with E-state index in [-0.39, 0.29) is 5.91 Å². The Morgan fingerprint density at radius 2 is 1.96 bits per heavy atom. The van der Waals surface area contributed by atoms with Crippen LogP contribution in [0.25, 0.3) is 0 Å². The van der Waals surface area contributed by atoms with Gasteiger partial charge in [-0.05, 0) is 36.2 Å². The Balaban J connectivity index is 2.37. The lowest BCUT2D eigenvalue weighted by molar-refractivity contribution is -0.117. The summed E-state index contributed by atoms with van der Waals surface area (Å²) in [5.41, 5.74) is 3.07. The van der Waals surface area contributed by atoms with Crippen LogP contribution in [0.4, 0.5) is 5.69 Å². The maximum Gasteiger partial charge on any atom is 0.342 e. The highest BCUT2D eigenvalue weighted by molar-refractivity contribution is 6.31. The van der Waals surface area contributed by atoms with Crippen LogP contribution < -0.4 is 9.98 Å². The number of rotatable bonds is 6. The summed E-state index contributed by atoms with van der Waals surface area (Å²) in [6.45, 7) is 7.83. The Morgan fingerprint density at radius 1 is 1.25 bits per heavy atom. The van der Waals surface area contributed by atoms with Crippen molar-refractivity contribution in [3.63, 3.8) is 0 Å². The van der Waals surface area contributed by atoms with E-state index >= 15 is 0 Å². The van der Waals surface area contributed by atoms with Crippen LogP contribution in [0, 0.1) is 5.92 Å². The molecule has 0 saturated heterocycles. The number of hydrogen-bond acceptors (Lipinski definition) is 1. The first kappa shape index (κ1) is 18.0. The Hall–Kier alpha value is -2.35. The number of nitrogens with zero attached hydrogens (tertiary/aromatic N) is 1. The first-order chi connectivity index (χ1) is 11.5. The molecular formula is C20H22ClN2O+. The molecule has 0 aliphatic carbocycles. The van der Waals surface area contributed by atoms with Crippen LogP contribution in [-0.2, 0) is 4.79 Å². The lowest BCUT2D eigenvalue weighted by Gasteiger charge is -2.11. The van der Waals surface area contributed by atoms with Crippen molar-refractivity contribution in [2.45, 2.75) is 26.7 Å².